The summed E-state index contributed by atoms with van der Waals surface area (Å²) >= 11 is 5.71. The van der Waals surface area contributed by atoms with E-state index in [1.165, 1.54) is 24.3 Å². The number of carbonyl (C=O) groups is 3. The first-order chi connectivity index (χ1) is 12.8. The minimum atomic E-state index is -1.73. The molecule has 5 nitrogen and oxygen atoms in total. The third-order valence-electron chi connectivity index (χ3n) is 3.40. The van der Waals surface area contributed by atoms with Crippen LogP contribution in [0.5, 0.6) is 0 Å². The number of ketones is 1. The topological polar surface area (TPSA) is 72.5 Å². The van der Waals surface area contributed by atoms with E-state index >= 15 is 0 Å². The molecule has 0 bridgehead atoms. The van der Waals surface area contributed by atoms with E-state index in [1.54, 1.807) is 0 Å². The van der Waals surface area contributed by atoms with Crippen molar-refractivity contribution in [1.82, 2.24) is 0 Å². The zero-order chi connectivity index (χ0) is 20.0. The maximum atomic E-state index is 13.4. The SMILES string of the molecule is O=C(COC(=O)CCC(=O)c1ccc(Cl)cc1)Nc1ccc(F)c(F)c1F. The van der Waals surface area contributed by atoms with Gasteiger partial charge in [-0.05, 0) is 36.4 Å². The number of rotatable bonds is 7. The number of esters is 1. The van der Waals surface area contributed by atoms with E-state index in [-0.39, 0.29) is 18.6 Å². The van der Waals surface area contributed by atoms with Crippen molar-refractivity contribution < 1.29 is 32.3 Å². The van der Waals surface area contributed by atoms with Gasteiger partial charge in [0.05, 0.1) is 12.1 Å². The highest BCUT2D eigenvalue weighted by atomic mass is 35.5. The van der Waals surface area contributed by atoms with Gasteiger partial charge >= 0.3 is 5.97 Å². The molecule has 2 aromatic carbocycles. The molecule has 142 valence electrons. The Balaban J connectivity index is 1.78. The van der Waals surface area contributed by atoms with Gasteiger partial charge in [-0.3, -0.25) is 14.4 Å². The number of benzene rings is 2. The minimum Gasteiger partial charge on any atom is -0.456 e. The molecule has 0 aromatic heterocycles. The number of hydrogen-bond donors (Lipinski definition) is 1. The Bertz CT molecular complexity index is 872. The average Bonchev–Trinajstić information content (AvgIpc) is 2.65. The summed E-state index contributed by atoms with van der Waals surface area (Å²) in [5.41, 5.74) is -0.216. The summed E-state index contributed by atoms with van der Waals surface area (Å²) in [6.45, 7) is -0.771. The van der Waals surface area contributed by atoms with E-state index in [4.69, 9.17) is 11.6 Å². The minimum absolute atomic E-state index is 0.139. The predicted octanol–water partition coefficient (Wildman–Crippen LogP) is 3.90. The van der Waals surface area contributed by atoms with Gasteiger partial charge in [0, 0.05) is 17.0 Å². The van der Waals surface area contributed by atoms with Gasteiger partial charge in [-0.15, -0.1) is 0 Å². The van der Waals surface area contributed by atoms with E-state index in [2.05, 4.69) is 4.74 Å². The van der Waals surface area contributed by atoms with Crippen LogP contribution in [0.1, 0.15) is 23.2 Å². The highest BCUT2D eigenvalue weighted by molar-refractivity contribution is 6.30. The van der Waals surface area contributed by atoms with Gasteiger partial charge < -0.3 is 10.1 Å². The molecule has 0 unspecified atom stereocenters. The van der Waals surface area contributed by atoms with Crippen molar-refractivity contribution in [3.8, 4) is 0 Å². The summed E-state index contributed by atoms with van der Waals surface area (Å²) in [7, 11) is 0. The Morgan fingerprint density at radius 1 is 0.926 bits per heavy atom. The summed E-state index contributed by atoms with van der Waals surface area (Å²) in [6.07, 6.45) is -0.409. The first-order valence-corrected chi connectivity index (χ1v) is 8.03. The molecule has 0 saturated heterocycles. The van der Waals surface area contributed by atoms with Gasteiger partial charge in [0.2, 0.25) is 0 Å². The van der Waals surface area contributed by atoms with Gasteiger partial charge in [0.25, 0.3) is 5.91 Å². The first-order valence-electron chi connectivity index (χ1n) is 7.65. The van der Waals surface area contributed by atoms with Crippen LogP contribution in [0.3, 0.4) is 0 Å². The molecule has 2 rings (SSSR count). The standard InChI is InChI=1S/C18H13ClF3NO4/c19-11-3-1-10(2-4-11)14(24)7-8-16(26)27-9-15(25)23-13-6-5-12(20)17(21)18(13)22/h1-6H,7-9H2,(H,23,25). The quantitative estimate of drug-likeness (QED) is 0.435. The molecule has 1 N–H and O–H groups in total. The summed E-state index contributed by atoms with van der Waals surface area (Å²) in [4.78, 5) is 35.1. The van der Waals surface area contributed by atoms with Crippen LogP contribution in [0.15, 0.2) is 36.4 Å². The highest BCUT2D eigenvalue weighted by Crippen LogP contribution is 2.19. The second-order valence-electron chi connectivity index (χ2n) is 5.36. The largest absolute Gasteiger partial charge is 0.456 e. The van der Waals surface area contributed by atoms with Crippen molar-refractivity contribution in [2.24, 2.45) is 0 Å². The monoisotopic (exact) mass is 399 g/mol. The molecule has 0 aliphatic carbocycles. The molecule has 9 heteroatoms. The number of ether oxygens (including phenoxy) is 1. The molecule has 2 aromatic rings. The molecule has 0 radical (unpaired) electrons. The number of anilines is 1. The lowest BCUT2D eigenvalue weighted by Gasteiger charge is -2.08. The van der Waals surface area contributed by atoms with Crippen molar-refractivity contribution in [3.05, 3.63) is 64.4 Å². The third kappa shape index (κ3) is 5.82. The van der Waals surface area contributed by atoms with Gasteiger partial charge in [-0.25, -0.2) is 13.2 Å². The Hall–Kier alpha value is -2.87. The van der Waals surface area contributed by atoms with Crippen LogP contribution in [0.4, 0.5) is 18.9 Å². The maximum Gasteiger partial charge on any atom is 0.306 e. The zero-order valence-electron chi connectivity index (χ0n) is 13.7. The van der Waals surface area contributed by atoms with Crippen molar-refractivity contribution in [2.45, 2.75) is 12.8 Å². The van der Waals surface area contributed by atoms with E-state index in [1.807, 2.05) is 5.32 Å². The number of amides is 1. The van der Waals surface area contributed by atoms with E-state index in [9.17, 15) is 27.6 Å². The Kier molecular flexibility index (Phi) is 6.95. The molecule has 0 spiro atoms. The molecule has 0 aliphatic heterocycles. The lowest BCUT2D eigenvalue weighted by atomic mass is 10.1. The van der Waals surface area contributed by atoms with Crippen LogP contribution in [0.2, 0.25) is 5.02 Å². The molecule has 0 atom stereocenters. The molecule has 0 heterocycles. The van der Waals surface area contributed by atoms with Gasteiger partial charge in [0.15, 0.2) is 29.8 Å². The summed E-state index contributed by atoms with van der Waals surface area (Å²) in [5, 5.41) is 2.42. The molecule has 0 fully saturated rings. The molecule has 27 heavy (non-hydrogen) atoms. The zero-order valence-corrected chi connectivity index (χ0v) is 14.5. The van der Waals surface area contributed by atoms with E-state index in [0.717, 1.165) is 6.07 Å². The molecular formula is C18H13ClF3NO4. The van der Waals surface area contributed by atoms with Crippen molar-refractivity contribution in [3.63, 3.8) is 0 Å². The Morgan fingerprint density at radius 3 is 2.26 bits per heavy atom. The van der Waals surface area contributed by atoms with Crippen molar-refractivity contribution in [2.75, 3.05) is 11.9 Å². The van der Waals surface area contributed by atoms with Gasteiger partial charge in [0.1, 0.15) is 0 Å². The predicted molar refractivity (Wildman–Crippen MR) is 90.9 cm³/mol. The van der Waals surface area contributed by atoms with E-state index < -0.39 is 41.6 Å². The van der Waals surface area contributed by atoms with Gasteiger partial charge in [-0.1, -0.05) is 11.6 Å². The fourth-order valence-electron chi connectivity index (χ4n) is 2.02. The van der Waals surface area contributed by atoms with Crippen LogP contribution in [0.25, 0.3) is 0 Å². The molecular weight excluding hydrogens is 387 g/mol. The van der Waals surface area contributed by atoms with Crippen LogP contribution >= 0.6 is 11.6 Å². The average molecular weight is 400 g/mol. The Labute approximate surface area is 157 Å². The molecule has 0 saturated carbocycles. The number of nitrogens with one attached hydrogen (secondary N) is 1. The van der Waals surface area contributed by atoms with Crippen molar-refractivity contribution >= 4 is 34.9 Å². The highest BCUT2D eigenvalue weighted by Gasteiger charge is 2.16. The smallest absolute Gasteiger partial charge is 0.306 e. The van der Waals surface area contributed by atoms with E-state index in [0.29, 0.717) is 16.7 Å². The van der Waals surface area contributed by atoms with Crippen LogP contribution in [-0.4, -0.2) is 24.3 Å². The summed E-state index contributed by atoms with van der Waals surface area (Å²) < 4.78 is 44.0. The Morgan fingerprint density at radius 2 is 1.59 bits per heavy atom. The first kappa shape index (κ1) is 20.4. The molecule has 0 aliphatic rings. The van der Waals surface area contributed by atoms with Crippen LogP contribution in [0, 0.1) is 17.5 Å². The lowest BCUT2D eigenvalue weighted by molar-refractivity contribution is -0.147. The fraction of sp³-hybridized carbons (Fsp3) is 0.167. The third-order valence-corrected chi connectivity index (χ3v) is 3.65. The summed E-state index contributed by atoms with van der Waals surface area (Å²) in [6, 6.07) is 7.57. The number of Topliss-reactive ketones (excluding diaryl/α,β-unsaturated/α-hetero) is 1. The second kappa shape index (κ2) is 9.18. The van der Waals surface area contributed by atoms with Gasteiger partial charge in [-0.2, -0.15) is 0 Å². The van der Waals surface area contributed by atoms with Crippen LogP contribution in [-0.2, 0) is 14.3 Å². The van der Waals surface area contributed by atoms with Crippen molar-refractivity contribution in [1.29, 1.82) is 0 Å². The lowest BCUT2D eigenvalue weighted by Crippen LogP contribution is -2.22. The summed E-state index contributed by atoms with van der Waals surface area (Å²) in [5.74, 6) is -6.77. The number of halogens is 4. The van der Waals surface area contributed by atoms with Crippen LogP contribution < -0.4 is 5.32 Å². The molecule has 1 amide bonds. The second-order valence-corrected chi connectivity index (χ2v) is 5.80. The number of carbonyl (C=O) groups excluding carboxylic acids is 3. The maximum absolute atomic E-state index is 13.4. The number of hydrogen-bond acceptors (Lipinski definition) is 4. The normalized spacial score (nSPS) is 10.4. The fourth-order valence-corrected chi connectivity index (χ4v) is 2.15.